The number of benzene rings is 2. The Balaban J connectivity index is 1.56. The van der Waals surface area contributed by atoms with Crippen LogP contribution in [0.4, 0.5) is 0 Å². The third kappa shape index (κ3) is 4.56. The van der Waals surface area contributed by atoms with Crippen molar-refractivity contribution in [3.8, 4) is 5.75 Å². The molecule has 0 spiro atoms. The van der Waals surface area contributed by atoms with E-state index in [0.29, 0.717) is 41.8 Å². The van der Waals surface area contributed by atoms with Crippen molar-refractivity contribution >= 4 is 31.9 Å². The van der Waals surface area contributed by atoms with Crippen LogP contribution in [0, 0.1) is 12.8 Å². The van der Waals surface area contributed by atoms with E-state index in [9.17, 15) is 18.3 Å². The Kier molecular flexibility index (Phi) is 6.42. The molecule has 6 nitrogen and oxygen atoms in total. The van der Waals surface area contributed by atoms with Gasteiger partial charge >= 0.3 is 0 Å². The van der Waals surface area contributed by atoms with E-state index in [-0.39, 0.29) is 23.1 Å². The summed E-state index contributed by atoms with van der Waals surface area (Å²) in [6.07, 6.45) is 1.35. The molecule has 1 saturated heterocycles. The molecule has 0 saturated carbocycles. The maximum atomic E-state index is 12.7. The van der Waals surface area contributed by atoms with Crippen molar-refractivity contribution in [2.75, 3.05) is 19.6 Å². The predicted molar refractivity (Wildman–Crippen MR) is 111 cm³/mol. The Hall–Kier alpha value is -1.90. The first-order chi connectivity index (χ1) is 13.3. The Bertz CT molecular complexity index is 956. The Labute approximate surface area is 173 Å². The zero-order valence-electron chi connectivity index (χ0n) is 15.6. The fourth-order valence-corrected chi connectivity index (χ4v) is 5.40. The van der Waals surface area contributed by atoms with E-state index in [1.54, 1.807) is 42.5 Å². The van der Waals surface area contributed by atoms with Gasteiger partial charge in [0.05, 0.1) is 14.9 Å². The number of hydrogen-bond donors (Lipinski definition) is 2. The molecular formula is C20H23BrN2O4S. The average molecular weight is 467 g/mol. The molecule has 0 bridgehead atoms. The molecule has 0 atom stereocenters. The fraction of sp³-hybridized carbons (Fsp3) is 0.350. The van der Waals surface area contributed by atoms with Crippen LogP contribution in [-0.2, 0) is 10.0 Å². The largest absolute Gasteiger partial charge is 0.506 e. The fourth-order valence-electron chi connectivity index (χ4n) is 3.34. The average Bonchev–Trinajstić information content (AvgIpc) is 2.70. The molecule has 0 unspecified atom stereocenters. The number of phenols is 1. The van der Waals surface area contributed by atoms with E-state index in [4.69, 9.17) is 0 Å². The van der Waals surface area contributed by atoms with Crippen LogP contribution in [0.25, 0.3) is 0 Å². The molecule has 1 fully saturated rings. The van der Waals surface area contributed by atoms with Gasteiger partial charge < -0.3 is 10.4 Å². The zero-order valence-corrected chi connectivity index (χ0v) is 18.0. The van der Waals surface area contributed by atoms with Crippen molar-refractivity contribution in [3.05, 3.63) is 58.1 Å². The number of sulfonamides is 1. The van der Waals surface area contributed by atoms with Crippen molar-refractivity contribution in [1.82, 2.24) is 9.62 Å². The lowest BCUT2D eigenvalue weighted by atomic mass is 9.98. The van der Waals surface area contributed by atoms with E-state index in [2.05, 4.69) is 21.2 Å². The molecule has 8 heteroatoms. The molecule has 28 heavy (non-hydrogen) atoms. The van der Waals surface area contributed by atoms with Gasteiger partial charge in [-0.15, -0.1) is 0 Å². The van der Waals surface area contributed by atoms with E-state index < -0.39 is 10.0 Å². The van der Waals surface area contributed by atoms with Crippen LogP contribution in [0.2, 0.25) is 0 Å². The maximum absolute atomic E-state index is 12.7. The van der Waals surface area contributed by atoms with Crippen molar-refractivity contribution in [1.29, 1.82) is 0 Å². The summed E-state index contributed by atoms with van der Waals surface area (Å²) in [7, 11) is -3.47. The quantitative estimate of drug-likeness (QED) is 0.707. The Morgan fingerprint density at radius 1 is 1.21 bits per heavy atom. The van der Waals surface area contributed by atoms with Gasteiger partial charge in [0.25, 0.3) is 5.91 Å². The van der Waals surface area contributed by atoms with Gasteiger partial charge in [-0.2, -0.15) is 4.31 Å². The summed E-state index contributed by atoms with van der Waals surface area (Å²) in [6, 6.07) is 11.8. The van der Waals surface area contributed by atoms with E-state index in [1.165, 1.54) is 4.31 Å². The van der Waals surface area contributed by atoms with Gasteiger partial charge in [0.15, 0.2) is 0 Å². The van der Waals surface area contributed by atoms with Gasteiger partial charge in [-0.1, -0.05) is 18.2 Å². The molecule has 1 amide bonds. The van der Waals surface area contributed by atoms with Crippen LogP contribution in [-0.4, -0.2) is 43.4 Å². The maximum Gasteiger partial charge on any atom is 0.255 e. The summed E-state index contributed by atoms with van der Waals surface area (Å²) < 4.78 is 27.3. The summed E-state index contributed by atoms with van der Waals surface area (Å²) in [5.41, 5.74) is 1.10. The highest BCUT2D eigenvalue weighted by Crippen LogP contribution is 2.29. The lowest BCUT2D eigenvalue weighted by Gasteiger charge is -2.31. The number of hydrogen-bond acceptors (Lipinski definition) is 4. The molecule has 2 aromatic rings. The molecule has 2 N–H and O–H groups in total. The molecule has 0 radical (unpaired) electrons. The summed E-state index contributed by atoms with van der Waals surface area (Å²) >= 11 is 3.24. The molecule has 0 aromatic heterocycles. The molecule has 1 aliphatic heterocycles. The first kappa shape index (κ1) is 20.8. The third-order valence-electron chi connectivity index (χ3n) is 4.96. The summed E-state index contributed by atoms with van der Waals surface area (Å²) in [6.45, 7) is 3.16. The van der Waals surface area contributed by atoms with Gasteiger partial charge in [-0.3, -0.25) is 4.79 Å². The van der Waals surface area contributed by atoms with Crippen LogP contribution in [0.1, 0.15) is 28.8 Å². The lowest BCUT2D eigenvalue weighted by Crippen LogP contribution is -2.41. The summed E-state index contributed by atoms with van der Waals surface area (Å²) in [4.78, 5) is 12.7. The second kappa shape index (κ2) is 8.63. The Morgan fingerprint density at radius 3 is 2.50 bits per heavy atom. The van der Waals surface area contributed by atoms with Gasteiger partial charge in [-0.05, 0) is 71.4 Å². The van der Waals surface area contributed by atoms with Crippen molar-refractivity contribution in [2.24, 2.45) is 5.92 Å². The highest BCUT2D eigenvalue weighted by atomic mass is 79.9. The summed E-state index contributed by atoms with van der Waals surface area (Å²) in [5.74, 6) is -0.213. The van der Waals surface area contributed by atoms with E-state index in [0.717, 1.165) is 5.56 Å². The molecule has 1 heterocycles. The first-order valence-electron chi connectivity index (χ1n) is 9.11. The second-order valence-corrected chi connectivity index (χ2v) is 9.81. The van der Waals surface area contributed by atoms with E-state index in [1.807, 2.05) is 6.92 Å². The number of nitrogens with one attached hydrogen (secondary N) is 1. The molecule has 3 rings (SSSR count). The standard InChI is InChI=1S/C20H23BrN2O4S/c1-14-11-17(19(24)18(21)12-14)20(25)22-13-15-7-9-23(10-8-15)28(26,27)16-5-3-2-4-6-16/h2-6,11-12,15,24H,7-10,13H2,1H3,(H,22,25). The molecule has 0 aliphatic carbocycles. The number of halogens is 1. The van der Waals surface area contributed by atoms with Crippen LogP contribution < -0.4 is 5.32 Å². The Morgan fingerprint density at radius 2 is 1.86 bits per heavy atom. The highest BCUT2D eigenvalue weighted by Gasteiger charge is 2.29. The number of piperidine rings is 1. The van der Waals surface area contributed by atoms with E-state index >= 15 is 0 Å². The minimum absolute atomic E-state index is 0.0770. The normalized spacial score (nSPS) is 16.1. The number of phenolic OH excluding ortho intramolecular Hbond substituents is 1. The van der Waals surface area contributed by atoms with Gasteiger partial charge in [0, 0.05) is 19.6 Å². The first-order valence-corrected chi connectivity index (χ1v) is 11.3. The van der Waals surface area contributed by atoms with Crippen LogP contribution in [0.15, 0.2) is 51.8 Å². The molecule has 150 valence electrons. The van der Waals surface area contributed by atoms with Gasteiger partial charge in [0.2, 0.25) is 10.0 Å². The number of carbonyl (C=O) groups is 1. The zero-order chi connectivity index (χ0) is 20.3. The number of nitrogens with zero attached hydrogens (tertiary/aromatic N) is 1. The van der Waals surface area contributed by atoms with Crippen LogP contribution in [0.5, 0.6) is 5.75 Å². The van der Waals surface area contributed by atoms with Gasteiger partial charge in [0.1, 0.15) is 5.75 Å². The van der Waals surface area contributed by atoms with Crippen LogP contribution in [0.3, 0.4) is 0 Å². The minimum atomic E-state index is -3.47. The van der Waals surface area contributed by atoms with Crippen molar-refractivity contribution < 1.29 is 18.3 Å². The second-order valence-electron chi connectivity index (χ2n) is 7.01. The molecular weight excluding hydrogens is 444 g/mol. The van der Waals surface area contributed by atoms with Crippen LogP contribution >= 0.6 is 15.9 Å². The number of amides is 1. The molecule has 2 aromatic carbocycles. The predicted octanol–water partition coefficient (Wildman–Crippen LogP) is 3.29. The minimum Gasteiger partial charge on any atom is -0.506 e. The number of rotatable bonds is 5. The lowest BCUT2D eigenvalue weighted by molar-refractivity contribution is 0.0938. The smallest absolute Gasteiger partial charge is 0.255 e. The summed E-state index contributed by atoms with van der Waals surface area (Å²) in [5, 5.41) is 12.9. The van der Waals surface area contributed by atoms with Gasteiger partial charge in [-0.25, -0.2) is 8.42 Å². The SMILES string of the molecule is Cc1cc(Br)c(O)c(C(=O)NCC2CCN(S(=O)(=O)c3ccccc3)CC2)c1. The third-order valence-corrected chi connectivity index (χ3v) is 7.48. The number of carbonyl (C=O) groups excluding carboxylic acids is 1. The number of aryl methyl sites for hydroxylation is 1. The number of aromatic hydroxyl groups is 1. The topological polar surface area (TPSA) is 86.7 Å². The molecule has 1 aliphatic rings. The van der Waals surface area contributed by atoms with Crippen molar-refractivity contribution in [3.63, 3.8) is 0 Å². The monoisotopic (exact) mass is 466 g/mol. The van der Waals surface area contributed by atoms with Crippen molar-refractivity contribution in [2.45, 2.75) is 24.7 Å². The highest BCUT2D eigenvalue weighted by molar-refractivity contribution is 9.10.